The van der Waals surface area contributed by atoms with Gasteiger partial charge in [-0.3, -0.25) is 4.98 Å². The first kappa shape index (κ1) is 10.4. The minimum atomic E-state index is -0.409. The molecule has 0 radical (unpaired) electrons. The van der Waals surface area contributed by atoms with Crippen LogP contribution in [0.5, 0.6) is 5.75 Å². The summed E-state index contributed by atoms with van der Waals surface area (Å²) in [5.41, 5.74) is 1.14. The second-order valence-corrected chi connectivity index (χ2v) is 3.15. The normalized spacial score (nSPS) is 10.1. The van der Waals surface area contributed by atoms with E-state index in [-0.39, 0.29) is 0 Å². The van der Waals surface area contributed by atoms with Crippen LogP contribution in [-0.2, 0) is 4.74 Å². The molecule has 0 unspecified atom stereocenters. The van der Waals surface area contributed by atoms with Gasteiger partial charge in [-0.1, -0.05) is 0 Å². The Kier molecular flexibility index (Phi) is 2.70. The van der Waals surface area contributed by atoms with Gasteiger partial charge >= 0.3 is 5.97 Å². The zero-order valence-electron chi connectivity index (χ0n) is 8.64. The van der Waals surface area contributed by atoms with Gasteiger partial charge in [0.2, 0.25) is 0 Å². The van der Waals surface area contributed by atoms with E-state index in [2.05, 4.69) is 9.72 Å². The maximum absolute atomic E-state index is 11.3. The first-order chi connectivity index (χ1) is 7.76. The van der Waals surface area contributed by atoms with E-state index >= 15 is 0 Å². The third-order valence-corrected chi connectivity index (χ3v) is 2.25. The summed E-state index contributed by atoms with van der Waals surface area (Å²) >= 11 is 0. The van der Waals surface area contributed by atoms with Crippen molar-refractivity contribution in [3.8, 4) is 5.75 Å². The molecule has 5 nitrogen and oxygen atoms in total. The summed E-state index contributed by atoms with van der Waals surface area (Å²) in [7, 11) is 1.33. The average molecular weight is 218 g/mol. The van der Waals surface area contributed by atoms with Gasteiger partial charge in [-0.05, 0) is 18.2 Å². The van der Waals surface area contributed by atoms with Gasteiger partial charge in [0.05, 0.1) is 18.2 Å². The van der Waals surface area contributed by atoms with Crippen LogP contribution in [0.15, 0.2) is 30.5 Å². The molecule has 0 saturated heterocycles. The van der Waals surface area contributed by atoms with E-state index in [1.807, 2.05) is 0 Å². The number of nitrogens with zero attached hydrogens (tertiary/aromatic N) is 1. The molecule has 82 valence electrons. The monoisotopic (exact) mass is 218 g/mol. The highest BCUT2D eigenvalue weighted by Gasteiger charge is 2.09. The number of ether oxygens (including phenoxy) is 1. The van der Waals surface area contributed by atoms with Crippen LogP contribution in [-0.4, -0.2) is 18.1 Å². The van der Waals surface area contributed by atoms with Gasteiger partial charge in [0, 0.05) is 17.6 Å². The molecule has 1 heterocycles. The van der Waals surface area contributed by atoms with Gasteiger partial charge in [0.1, 0.15) is 0 Å². The van der Waals surface area contributed by atoms with Crippen molar-refractivity contribution in [3.63, 3.8) is 0 Å². The predicted octanol–water partition coefficient (Wildman–Crippen LogP) is 1.27. The van der Waals surface area contributed by atoms with Gasteiger partial charge in [-0.2, -0.15) is 5.90 Å². The van der Waals surface area contributed by atoms with E-state index in [0.717, 1.165) is 0 Å². The minimum absolute atomic E-state index is 0.409. The molecule has 5 heteroatoms. The fraction of sp³-hybridized carbons (Fsp3) is 0.0909. The molecule has 2 N–H and O–H groups in total. The fourth-order valence-electron chi connectivity index (χ4n) is 1.47. The third kappa shape index (κ3) is 1.68. The molecule has 16 heavy (non-hydrogen) atoms. The summed E-state index contributed by atoms with van der Waals surface area (Å²) < 4.78 is 4.63. The number of pyridine rings is 1. The number of fused-ring (bicyclic) bond motifs is 1. The molecular formula is C11H10N2O3. The van der Waals surface area contributed by atoms with Crippen LogP contribution in [0.1, 0.15) is 10.4 Å². The number of hydrogen-bond acceptors (Lipinski definition) is 5. The number of carbonyl (C=O) groups is 1. The summed E-state index contributed by atoms with van der Waals surface area (Å²) in [6, 6.07) is 6.62. The lowest BCUT2D eigenvalue weighted by molar-refractivity contribution is 0.0601. The van der Waals surface area contributed by atoms with Crippen molar-refractivity contribution in [2.45, 2.75) is 0 Å². The van der Waals surface area contributed by atoms with E-state index in [1.165, 1.54) is 7.11 Å². The molecule has 0 amide bonds. The second kappa shape index (κ2) is 4.16. The molecule has 1 aromatic carbocycles. The number of hydrogen-bond donors (Lipinski definition) is 1. The highest BCUT2D eigenvalue weighted by molar-refractivity contribution is 5.96. The summed E-state index contributed by atoms with van der Waals surface area (Å²) in [5, 5.41) is 0.674. The molecule has 0 atom stereocenters. The van der Waals surface area contributed by atoms with Crippen LogP contribution in [0.25, 0.3) is 10.9 Å². The van der Waals surface area contributed by atoms with Crippen molar-refractivity contribution in [2.24, 2.45) is 5.90 Å². The summed E-state index contributed by atoms with van der Waals surface area (Å²) in [6.07, 6.45) is 1.59. The molecule has 0 fully saturated rings. The number of esters is 1. The quantitative estimate of drug-likeness (QED) is 0.607. The standard InChI is InChI=1S/C11H10N2O3/c1-15-11(14)7-2-3-9-8(6-7)10(16-12)4-5-13-9/h2-6H,12H2,1H3. The van der Waals surface area contributed by atoms with Crippen molar-refractivity contribution < 1.29 is 14.4 Å². The van der Waals surface area contributed by atoms with Crippen molar-refractivity contribution in [1.29, 1.82) is 0 Å². The maximum Gasteiger partial charge on any atom is 0.337 e. The summed E-state index contributed by atoms with van der Waals surface area (Å²) in [4.78, 5) is 20.2. The van der Waals surface area contributed by atoms with Crippen LogP contribution in [0, 0.1) is 0 Å². The minimum Gasteiger partial charge on any atom is -0.465 e. The predicted molar refractivity (Wildman–Crippen MR) is 57.9 cm³/mol. The van der Waals surface area contributed by atoms with E-state index in [4.69, 9.17) is 10.7 Å². The van der Waals surface area contributed by atoms with Gasteiger partial charge in [0.25, 0.3) is 0 Å². The lowest BCUT2D eigenvalue weighted by Gasteiger charge is -2.05. The van der Waals surface area contributed by atoms with Crippen LogP contribution in [0.2, 0.25) is 0 Å². The van der Waals surface area contributed by atoms with E-state index in [9.17, 15) is 4.79 Å². The molecule has 1 aromatic heterocycles. The Morgan fingerprint density at radius 2 is 2.19 bits per heavy atom. The molecule has 0 saturated carbocycles. The van der Waals surface area contributed by atoms with Crippen molar-refractivity contribution >= 4 is 16.9 Å². The number of nitrogens with two attached hydrogens (primary N) is 1. The van der Waals surface area contributed by atoms with Crippen molar-refractivity contribution in [1.82, 2.24) is 4.98 Å². The zero-order valence-corrected chi connectivity index (χ0v) is 8.64. The Hall–Kier alpha value is -2.14. The first-order valence-corrected chi connectivity index (χ1v) is 4.60. The lowest BCUT2D eigenvalue weighted by Crippen LogP contribution is -2.04. The molecule has 0 aliphatic rings. The molecule has 0 bridgehead atoms. The van der Waals surface area contributed by atoms with Gasteiger partial charge in [0.15, 0.2) is 5.75 Å². The Balaban J connectivity index is 2.63. The Morgan fingerprint density at radius 3 is 2.88 bits per heavy atom. The number of carbonyl (C=O) groups excluding carboxylic acids is 1. The first-order valence-electron chi connectivity index (χ1n) is 4.60. The van der Waals surface area contributed by atoms with E-state index in [1.54, 1.807) is 30.5 Å². The number of benzene rings is 1. The van der Waals surface area contributed by atoms with Crippen LogP contribution >= 0.6 is 0 Å². The van der Waals surface area contributed by atoms with Crippen LogP contribution in [0.4, 0.5) is 0 Å². The third-order valence-electron chi connectivity index (χ3n) is 2.25. The highest BCUT2D eigenvalue weighted by Crippen LogP contribution is 2.24. The van der Waals surface area contributed by atoms with E-state index in [0.29, 0.717) is 22.2 Å². The molecule has 0 aliphatic carbocycles. The molecular weight excluding hydrogens is 208 g/mol. The second-order valence-electron chi connectivity index (χ2n) is 3.15. The number of aromatic nitrogens is 1. The Morgan fingerprint density at radius 1 is 1.38 bits per heavy atom. The zero-order chi connectivity index (χ0) is 11.5. The summed E-state index contributed by atoms with van der Waals surface area (Å²) in [5.74, 6) is 5.19. The van der Waals surface area contributed by atoms with Gasteiger partial charge < -0.3 is 9.57 Å². The molecule has 0 spiro atoms. The Bertz CT molecular complexity index is 540. The highest BCUT2D eigenvalue weighted by atomic mass is 16.6. The molecule has 2 aromatic rings. The number of methoxy groups -OCH3 is 1. The Labute approximate surface area is 91.7 Å². The van der Waals surface area contributed by atoms with Gasteiger partial charge in [-0.15, -0.1) is 0 Å². The fourth-order valence-corrected chi connectivity index (χ4v) is 1.47. The largest absolute Gasteiger partial charge is 0.465 e. The maximum atomic E-state index is 11.3. The van der Waals surface area contributed by atoms with Gasteiger partial charge in [-0.25, -0.2) is 4.79 Å². The lowest BCUT2D eigenvalue weighted by atomic mass is 10.1. The van der Waals surface area contributed by atoms with Crippen molar-refractivity contribution in [2.75, 3.05) is 7.11 Å². The average Bonchev–Trinajstić information content (AvgIpc) is 2.36. The SMILES string of the molecule is COC(=O)c1ccc2nccc(ON)c2c1. The topological polar surface area (TPSA) is 74.4 Å². The van der Waals surface area contributed by atoms with Crippen LogP contribution in [0.3, 0.4) is 0 Å². The molecule has 2 rings (SSSR count). The van der Waals surface area contributed by atoms with E-state index < -0.39 is 5.97 Å². The smallest absolute Gasteiger partial charge is 0.337 e. The van der Waals surface area contributed by atoms with Crippen LogP contribution < -0.4 is 10.7 Å². The molecule has 0 aliphatic heterocycles. The summed E-state index contributed by atoms with van der Waals surface area (Å²) in [6.45, 7) is 0. The number of rotatable bonds is 2. The van der Waals surface area contributed by atoms with Crippen molar-refractivity contribution in [3.05, 3.63) is 36.0 Å².